The molecular weight excluding hydrogens is 322 g/mol. The Morgan fingerprint density at radius 1 is 1.05 bits per heavy atom. The van der Waals surface area contributed by atoms with Gasteiger partial charge in [-0.3, -0.25) is 0 Å². The highest BCUT2D eigenvalue weighted by atomic mass is 35.5. The minimum atomic E-state index is -0.834. The fourth-order valence-corrected chi connectivity index (χ4v) is 2.53. The molecule has 2 rings (SSSR count). The average Bonchev–Trinajstić information content (AvgIpc) is 2.38. The van der Waals surface area contributed by atoms with E-state index < -0.39 is 6.10 Å². The van der Waals surface area contributed by atoms with Crippen LogP contribution in [0.3, 0.4) is 0 Å². The molecule has 2 aromatic rings. The van der Waals surface area contributed by atoms with Crippen molar-refractivity contribution in [3.8, 4) is 0 Å². The molecule has 0 spiro atoms. The van der Waals surface area contributed by atoms with Gasteiger partial charge in [0.05, 0.1) is 16.1 Å². The third kappa shape index (κ3) is 3.44. The summed E-state index contributed by atoms with van der Waals surface area (Å²) in [6, 6.07) is 7.91. The lowest BCUT2D eigenvalue weighted by molar-refractivity contribution is 0.178. The molecule has 0 radical (unpaired) electrons. The van der Waals surface area contributed by atoms with Crippen molar-refractivity contribution >= 4 is 34.8 Å². The topological polar surface area (TPSA) is 20.2 Å². The third-order valence-electron chi connectivity index (χ3n) is 3.05. The van der Waals surface area contributed by atoms with Crippen LogP contribution < -0.4 is 0 Å². The summed E-state index contributed by atoms with van der Waals surface area (Å²) in [5, 5.41) is 11.3. The lowest BCUT2D eigenvalue weighted by Gasteiger charge is -2.14. The van der Waals surface area contributed by atoms with Gasteiger partial charge in [-0.25, -0.2) is 4.39 Å². The Morgan fingerprint density at radius 3 is 2.40 bits per heavy atom. The van der Waals surface area contributed by atoms with Crippen LogP contribution in [0, 0.1) is 12.7 Å². The number of aliphatic hydroxyl groups is 1. The summed E-state index contributed by atoms with van der Waals surface area (Å²) in [6.07, 6.45) is -0.513. The maximum Gasteiger partial charge on any atom is 0.127 e. The van der Waals surface area contributed by atoms with Gasteiger partial charge in [0.25, 0.3) is 0 Å². The molecular formula is C15H12Cl3FO. The van der Waals surface area contributed by atoms with E-state index in [2.05, 4.69) is 0 Å². The van der Waals surface area contributed by atoms with Gasteiger partial charge in [0.1, 0.15) is 5.82 Å². The van der Waals surface area contributed by atoms with Crippen LogP contribution >= 0.6 is 34.8 Å². The number of aliphatic hydroxyl groups excluding tert-OH is 1. The standard InChI is InChI=1S/C15H12Cl3FO/c1-8-4-10(12(17)7-14(8)19)15(20)6-9-2-3-11(16)13(18)5-9/h2-5,7,15,20H,6H2,1H3. The highest BCUT2D eigenvalue weighted by molar-refractivity contribution is 6.42. The Labute approximate surface area is 131 Å². The van der Waals surface area contributed by atoms with Gasteiger partial charge < -0.3 is 5.11 Å². The van der Waals surface area contributed by atoms with Crippen molar-refractivity contribution in [1.82, 2.24) is 0 Å². The predicted octanol–water partition coefficient (Wildman–Crippen LogP) is 5.37. The highest BCUT2D eigenvalue weighted by Gasteiger charge is 2.15. The maximum absolute atomic E-state index is 13.3. The second-order valence-electron chi connectivity index (χ2n) is 4.59. The molecule has 1 unspecified atom stereocenters. The molecule has 20 heavy (non-hydrogen) atoms. The van der Waals surface area contributed by atoms with Crippen LogP contribution in [0.5, 0.6) is 0 Å². The van der Waals surface area contributed by atoms with E-state index in [1.165, 1.54) is 6.07 Å². The lowest BCUT2D eigenvalue weighted by Crippen LogP contribution is -2.04. The molecule has 1 nitrogen and oxygen atoms in total. The van der Waals surface area contributed by atoms with E-state index in [1.807, 2.05) is 0 Å². The molecule has 0 amide bonds. The molecule has 0 aliphatic carbocycles. The van der Waals surface area contributed by atoms with Crippen molar-refractivity contribution in [2.24, 2.45) is 0 Å². The summed E-state index contributed by atoms with van der Waals surface area (Å²) in [5.74, 6) is -0.388. The second kappa shape index (κ2) is 6.31. The van der Waals surface area contributed by atoms with Crippen molar-refractivity contribution in [1.29, 1.82) is 0 Å². The van der Waals surface area contributed by atoms with E-state index in [4.69, 9.17) is 34.8 Å². The van der Waals surface area contributed by atoms with Crippen molar-refractivity contribution in [3.05, 3.63) is 67.9 Å². The Kier molecular flexibility index (Phi) is 4.92. The van der Waals surface area contributed by atoms with Gasteiger partial charge >= 0.3 is 0 Å². The Bertz CT molecular complexity index is 643. The van der Waals surface area contributed by atoms with Crippen LogP contribution in [0.25, 0.3) is 0 Å². The fraction of sp³-hybridized carbons (Fsp3) is 0.200. The van der Waals surface area contributed by atoms with Crippen molar-refractivity contribution in [2.75, 3.05) is 0 Å². The van der Waals surface area contributed by atoms with Crippen molar-refractivity contribution in [3.63, 3.8) is 0 Å². The zero-order chi connectivity index (χ0) is 14.9. The lowest BCUT2D eigenvalue weighted by atomic mass is 10.00. The number of hydrogen-bond acceptors (Lipinski definition) is 1. The van der Waals surface area contributed by atoms with Gasteiger partial charge in [0, 0.05) is 11.4 Å². The summed E-state index contributed by atoms with van der Waals surface area (Å²) < 4.78 is 13.3. The van der Waals surface area contributed by atoms with Gasteiger partial charge in [0.15, 0.2) is 0 Å². The predicted molar refractivity (Wildman–Crippen MR) is 81.3 cm³/mol. The Hall–Kier alpha value is -0.800. The first-order valence-electron chi connectivity index (χ1n) is 5.96. The fourth-order valence-electron chi connectivity index (χ4n) is 1.93. The first kappa shape index (κ1) is 15.6. The van der Waals surface area contributed by atoms with Gasteiger partial charge in [0.2, 0.25) is 0 Å². The normalized spacial score (nSPS) is 12.5. The number of halogens is 4. The van der Waals surface area contributed by atoms with Crippen LogP contribution in [0.4, 0.5) is 4.39 Å². The number of hydrogen-bond donors (Lipinski definition) is 1. The molecule has 0 fully saturated rings. The second-order valence-corrected chi connectivity index (χ2v) is 5.81. The van der Waals surface area contributed by atoms with E-state index in [-0.39, 0.29) is 10.8 Å². The zero-order valence-electron chi connectivity index (χ0n) is 10.6. The number of aryl methyl sites for hydroxylation is 1. The first-order valence-corrected chi connectivity index (χ1v) is 7.09. The SMILES string of the molecule is Cc1cc(C(O)Cc2ccc(Cl)c(Cl)c2)c(Cl)cc1F. The zero-order valence-corrected chi connectivity index (χ0v) is 12.9. The molecule has 5 heteroatoms. The molecule has 0 aromatic heterocycles. The van der Waals surface area contributed by atoms with E-state index in [1.54, 1.807) is 31.2 Å². The van der Waals surface area contributed by atoms with Crippen LogP contribution in [-0.2, 0) is 6.42 Å². The summed E-state index contributed by atoms with van der Waals surface area (Å²) in [4.78, 5) is 0. The Balaban J connectivity index is 2.25. The highest BCUT2D eigenvalue weighted by Crippen LogP contribution is 2.30. The smallest absolute Gasteiger partial charge is 0.127 e. The van der Waals surface area contributed by atoms with E-state index in [0.717, 1.165) is 5.56 Å². The molecule has 0 saturated heterocycles. The van der Waals surface area contributed by atoms with Gasteiger partial charge in [-0.2, -0.15) is 0 Å². The van der Waals surface area contributed by atoms with E-state index >= 15 is 0 Å². The molecule has 0 aliphatic heterocycles. The number of benzene rings is 2. The minimum absolute atomic E-state index is 0.209. The van der Waals surface area contributed by atoms with Gasteiger partial charge in [-0.1, -0.05) is 40.9 Å². The number of rotatable bonds is 3. The minimum Gasteiger partial charge on any atom is -0.388 e. The summed E-state index contributed by atoms with van der Waals surface area (Å²) in [7, 11) is 0. The van der Waals surface area contributed by atoms with E-state index in [0.29, 0.717) is 27.6 Å². The third-order valence-corrected chi connectivity index (χ3v) is 4.12. The van der Waals surface area contributed by atoms with Gasteiger partial charge in [-0.15, -0.1) is 0 Å². The van der Waals surface area contributed by atoms with Crippen molar-refractivity contribution < 1.29 is 9.50 Å². The first-order chi connectivity index (χ1) is 9.38. The summed E-state index contributed by atoms with van der Waals surface area (Å²) >= 11 is 17.7. The van der Waals surface area contributed by atoms with Crippen molar-refractivity contribution in [2.45, 2.75) is 19.4 Å². The molecule has 0 aliphatic rings. The van der Waals surface area contributed by atoms with Gasteiger partial charge in [-0.05, 0) is 47.9 Å². The molecule has 2 aromatic carbocycles. The molecule has 1 N–H and O–H groups in total. The largest absolute Gasteiger partial charge is 0.388 e. The summed E-state index contributed by atoms with van der Waals surface area (Å²) in [6.45, 7) is 1.63. The van der Waals surface area contributed by atoms with Crippen LogP contribution in [-0.4, -0.2) is 5.11 Å². The molecule has 0 bridgehead atoms. The van der Waals surface area contributed by atoms with Crippen LogP contribution in [0.1, 0.15) is 22.8 Å². The van der Waals surface area contributed by atoms with E-state index in [9.17, 15) is 9.50 Å². The van der Waals surface area contributed by atoms with Crippen LogP contribution in [0.2, 0.25) is 15.1 Å². The molecule has 0 saturated carbocycles. The molecule has 0 heterocycles. The maximum atomic E-state index is 13.3. The molecule has 106 valence electrons. The monoisotopic (exact) mass is 332 g/mol. The molecule has 1 atom stereocenters. The van der Waals surface area contributed by atoms with Crippen LogP contribution in [0.15, 0.2) is 30.3 Å². The summed E-state index contributed by atoms with van der Waals surface area (Å²) in [5.41, 5.74) is 1.76. The quantitative estimate of drug-likeness (QED) is 0.800. The average molecular weight is 334 g/mol. The Morgan fingerprint density at radius 2 is 1.75 bits per heavy atom.